The second-order valence-electron chi connectivity index (χ2n) is 12.8. The second kappa shape index (κ2) is 11.9. The molecular formula is C48H28N2. The van der Waals surface area contributed by atoms with E-state index in [1.54, 1.807) is 0 Å². The zero-order valence-corrected chi connectivity index (χ0v) is 27.1. The molecule has 9 rings (SSSR count). The van der Waals surface area contributed by atoms with Crippen LogP contribution in [0.4, 0.5) is 0 Å². The van der Waals surface area contributed by atoms with Crippen LogP contribution in [0.25, 0.3) is 87.6 Å². The molecule has 0 atom stereocenters. The summed E-state index contributed by atoms with van der Waals surface area (Å²) in [4.78, 5) is 0. The smallest absolute Gasteiger partial charge is 0.0991 e. The van der Waals surface area contributed by atoms with Gasteiger partial charge in [-0.3, -0.25) is 0 Å². The SMILES string of the molecule is N#Cc1cccc(-c2ccc3c(-c4ccc5ccccc5c4)c4cc(-c5cccc(C#N)c5)ccc4c(-c4ccc5ccccc5c4)c3c2)c1. The standard InChI is InChI=1S/C48H28N2/c49-29-31-7-5-13-35(23-31)39-20-22-44-45(27-39)47(41-17-15-33-9-1-3-11-37(33)25-41)43-21-19-40(36-14-6-8-32(24-36)30-50)28-46(43)48(44)42-18-16-34-10-2-4-12-38(34)26-42/h1-28H. The molecule has 0 aromatic heterocycles. The molecule has 0 fully saturated rings. The minimum Gasteiger partial charge on any atom is -0.192 e. The van der Waals surface area contributed by atoms with E-state index in [-0.39, 0.29) is 0 Å². The van der Waals surface area contributed by atoms with Gasteiger partial charge in [0.15, 0.2) is 0 Å². The summed E-state index contributed by atoms with van der Waals surface area (Å²) in [5.41, 5.74) is 10.0. The highest BCUT2D eigenvalue weighted by molar-refractivity contribution is 6.23. The van der Waals surface area contributed by atoms with Crippen molar-refractivity contribution < 1.29 is 0 Å². The first-order chi connectivity index (χ1) is 24.7. The molecule has 0 heterocycles. The lowest BCUT2D eigenvalue weighted by atomic mass is 9.83. The molecule has 2 nitrogen and oxygen atoms in total. The number of benzene rings is 9. The van der Waals surface area contributed by atoms with Crippen molar-refractivity contribution in [2.45, 2.75) is 0 Å². The monoisotopic (exact) mass is 632 g/mol. The highest BCUT2D eigenvalue weighted by Crippen LogP contribution is 2.46. The largest absolute Gasteiger partial charge is 0.192 e. The van der Waals surface area contributed by atoms with Crippen molar-refractivity contribution in [2.75, 3.05) is 0 Å². The van der Waals surface area contributed by atoms with Crippen LogP contribution in [0.1, 0.15) is 11.1 Å². The van der Waals surface area contributed by atoms with Crippen LogP contribution < -0.4 is 0 Å². The highest BCUT2D eigenvalue weighted by atomic mass is 14.3. The molecule has 50 heavy (non-hydrogen) atoms. The van der Waals surface area contributed by atoms with Gasteiger partial charge in [-0.2, -0.15) is 10.5 Å². The number of hydrogen-bond donors (Lipinski definition) is 0. The summed E-state index contributed by atoms with van der Waals surface area (Å²) in [5.74, 6) is 0. The summed E-state index contributed by atoms with van der Waals surface area (Å²) in [6.45, 7) is 0. The van der Waals surface area contributed by atoms with Crippen molar-refractivity contribution in [3.05, 3.63) is 181 Å². The molecule has 9 aromatic carbocycles. The number of fused-ring (bicyclic) bond motifs is 4. The van der Waals surface area contributed by atoms with Crippen LogP contribution in [-0.4, -0.2) is 0 Å². The van der Waals surface area contributed by atoms with Gasteiger partial charge in [0.2, 0.25) is 0 Å². The van der Waals surface area contributed by atoms with Crippen LogP contribution in [0.2, 0.25) is 0 Å². The highest BCUT2D eigenvalue weighted by Gasteiger charge is 2.19. The first kappa shape index (κ1) is 29.2. The van der Waals surface area contributed by atoms with E-state index in [0.29, 0.717) is 11.1 Å². The lowest BCUT2D eigenvalue weighted by Gasteiger charge is -2.20. The molecule has 0 radical (unpaired) electrons. The van der Waals surface area contributed by atoms with E-state index in [1.807, 2.05) is 36.4 Å². The predicted molar refractivity (Wildman–Crippen MR) is 208 cm³/mol. The summed E-state index contributed by atoms with van der Waals surface area (Å²) in [7, 11) is 0. The Hall–Kier alpha value is -7.00. The average molecular weight is 633 g/mol. The molecule has 0 saturated heterocycles. The average Bonchev–Trinajstić information content (AvgIpc) is 3.19. The molecule has 2 heteroatoms. The van der Waals surface area contributed by atoms with Gasteiger partial charge in [-0.1, -0.05) is 121 Å². The van der Waals surface area contributed by atoms with Gasteiger partial charge in [0.1, 0.15) is 0 Å². The number of nitrogens with zero attached hydrogens (tertiary/aromatic N) is 2. The van der Waals surface area contributed by atoms with Crippen molar-refractivity contribution in [3.63, 3.8) is 0 Å². The Morgan fingerprint density at radius 1 is 0.280 bits per heavy atom. The van der Waals surface area contributed by atoms with Gasteiger partial charge in [-0.25, -0.2) is 0 Å². The fourth-order valence-electron chi connectivity index (χ4n) is 7.44. The van der Waals surface area contributed by atoms with Gasteiger partial charge in [0.05, 0.1) is 23.3 Å². The van der Waals surface area contributed by atoms with E-state index in [4.69, 9.17) is 0 Å². The van der Waals surface area contributed by atoms with Crippen molar-refractivity contribution in [2.24, 2.45) is 0 Å². The van der Waals surface area contributed by atoms with Gasteiger partial charge in [-0.05, 0) is 136 Å². The van der Waals surface area contributed by atoms with Crippen LogP contribution in [0, 0.1) is 22.7 Å². The summed E-state index contributed by atoms with van der Waals surface area (Å²) < 4.78 is 0. The zero-order chi connectivity index (χ0) is 33.6. The Morgan fingerprint density at radius 2 is 0.680 bits per heavy atom. The van der Waals surface area contributed by atoms with E-state index in [9.17, 15) is 10.5 Å². The third-order valence-corrected chi connectivity index (χ3v) is 9.84. The number of nitriles is 2. The molecule has 0 unspecified atom stereocenters. The van der Waals surface area contributed by atoms with Gasteiger partial charge in [-0.15, -0.1) is 0 Å². The second-order valence-corrected chi connectivity index (χ2v) is 12.8. The Balaban J connectivity index is 1.43. The Labute approximate surface area is 290 Å². The van der Waals surface area contributed by atoms with Crippen LogP contribution in [0.5, 0.6) is 0 Å². The maximum absolute atomic E-state index is 9.68. The van der Waals surface area contributed by atoms with Gasteiger partial charge in [0.25, 0.3) is 0 Å². The summed E-state index contributed by atoms with van der Waals surface area (Å²) in [5, 5.41) is 28.7. The topological polar surface area (TPSA) is 47.6 Å². The van der Waals surface area contributed by atoms with Crippen molar-refractivity contribution >= 4 is 43.1 Å². The summed E-state index contributed by atoms with van der Waals surface area (Å²) in [6.07, 6.45) is 0. The van der Waals surface area contributed by atoms with E-state index in [2.05, 4.69) is 146 Å². The van der Waals surface area contributed by atoms with E-state index < -0.39 is 0 Å². The molecule has 0 aliphatic heterocycles. The minimum atomic E-state index is 0.640. The zero-order valence-electron chi connectivity index (χ0n) is 27.1. The maximum Gasteiger partial charge on any atom is 0.0991 e. The molecule has 0 saturated carbocycles. The molecule has 230 valence electrons. The Morgan fingerprint density at radius 3 is 1.12 bits per heavy atom. The maximum atomic E-state index is 9.68. The predicted octanol–water partition coefficient (Wildman–Crippen LogP) is 12.7. The lowest BCUT2D eigenvalue weighted by Crippen LogP contribution is -1.93. The van der Waals surface area contributed by atoms with Crippen LogP contribution in [0.3, 0.4) is 0 Å². The van der Waals surface area contributed by atoms with Crippen LogP contribution in [0.15, 0.2) is 170 Å². The fraction of sp³-hybridized carbons (Fsp3) is 0. The van der Waals surface area contributed by atoms with Crippen molar-refractivity contribution in [1.29, 1.82) is 10.5 Å². The molecule has 0 spiro atoms. The van der Waals surface area contributed by atoms with Gasteiger partial charge >= 0.3 is 0 Å². The summed E-state index contributed by atoms with van der Waals surface area (Å²) >= 11 is 0. The molecular weight excluding hydrogens is 605 g/mol. The Kier molecular flexibility index (Phi) is 6.95. The van der Waals surface area contributed by atoms with Crippen molar-refractivity contribution in [1.82, 2.24) is 0 Å². The van der Waals surface area contributed by atoms with Crippen LogP contribution in [-0.2, 0) is 0 Å². The number of rotatable bonds is 4. The van der Waals surface area contributed by atoms with E-state index >= 15 is 0 Å². The van der Waals surface area contributed by atoms with E-state index in [0.717, 1.165) is 54.9 Å². The molecule has 9 aromatic rings. The molecule has 0 bridgehead atoms. The van der Waals surface area contributed by atoms with Gasteiger partial charge in [0, 0.05) is 0 Å². The Bertz CT molecular complexity index is 2700. The first-order valence-electron chi connectivity index (χ1n) is 16.7. The molecule has 0 amide bonds. The third-order valence-electron chi connectivity index (χ3n) is 9.84. The minimum absolute atomic E-state index is 0.640. The van der Waals surface area contributed by atoms with Crippen LogP contribution >= 0.6 is 0 Å². The first-order valence-corrected chi connectivity index (χ1v) is 16.7. The number of hydrogen-bond acceptors (Lipinski definition) is 2. The van der Waals surface area contributed by atoms with Crippen molar-refractivity contribution in [3.8, 4) is 56.6 Å². The fourth-order valence-corrected chi connectivity index (χ4v) is 7.44. The van der Waals surface area contributed by atoms with Gasteiger partial charge < -0.3 is 0 Å². The van der Waals surface area contributed by atoms with E-state index in [1.165, 1.54) is 32.7 Å². The molecule has 0 aliphatic rings. The molecule has 0 N–H and O–H groups in total. The summed E-state index contributed by atoms with van der Waals surface area (Å²) in [6, 6.07) is 64.2. The normalized spacial score (nSPS) is 11.2. The quantitative estimate of drug-likeness (QED) is 0.181. The third kappa shape index (κ3) is 4.96. The lowest BCUT2D eigenvalue weighted by molar-refractivity contribution is 1.48. The molecule has 0 aliphatic carbocycles.